The summed E-state index contributed by atoms with van der Waals surface area (Å²) in [6, 6.07) is 27.5. The molecule has 0 aliphatic rings. The first kappa shape index (κ1) is 42.2. The summed E-state index contributed by atoms with van der Waals surface area (Å²) in [4.78, 5) is 17.1. The molecule has 0 aromatic heterocycles. The van der Waals surface area contributed by atoms with E-state index >= 15 is 0 Å². The van der Waals surface area contributed by atoms with Gasteiger partial charge in [0.15, 0.2) is 0 Å². The Morgan fingerprint density at radius 1 is 0.333 bits per heavy atom. The van der Waals surface area contributed by atoms with Crippen LogP contribution < -0.4 is 20.4 Å². The van der Waals surface area contributed by atoms with Crippen molar-refractivity contribution < 1.29 is 62.6 Å². The number of aliphatic imine (C=N–C) groups is 4. The van der Waals surface area contributed by atoms with Gasteiger partial charge in [0.05, 0.1) is 0 Å². The predicted molar refractivity (Wildman–Crippen MR) is 181 cm³/mol. The number of rotatable bonds is 16. The van der Waals surface area contributed by atoms with E-state index in [0.717, 1.165) is 38.5 Å². The van der Waals surface area contributed by atoms with Crippen LogP contribution in [0.2, 0.25) is 0 Å². The molecule has 0 saturated carbocycles. The van der Waals surface area contributed by atoms with Crippen LogP contribution in [0.3, 0.4) is 0 Å². The molecule has 0 heterocycles. The van der Waals surface area contributed by atoms with E-state index in [1.165, 1.54) is 0 Å². The van der Waals surface area contributed by atoms with Gasteiger partial charge < -0.3 is 20.4 Å². The molecule has 0 unspecified atom stereocenters. The number of nitrogens with zero attached hydrogens (tertiary/aromatic N) is 4. The summed E-state index contributed by atoms with van der Waals surface area (Å²) >= 11 is 0. The predicted octanol–water partition coefficient (Wildman–Crippen LogP) is 5.08. The Hall–Kier alpha value is -3.86. The molecule has 0 amide bonds. The fraction of sp³-hybridized carbons (Fsp3) is 0.263. The SMILES string of the molecule is [O-]c1ccccc1C=NCCCCCN=Cc1ccccc1[O-].[O-]c1ccccc1C=NCCCCCN=Cc1ccccc1[O-].[Pt+2].[Pt+2]. The van der Waals surface area contributed by atoms with Gasteiger partial charge in [0.1, 0.15) is 0 Å². The van der Waals surface area contributed by atoms with Gasteiger partial charge >= 0.3 is 42.1 Å². The molecule has 256 valence electrons. The summed E-state index contributed by atoms with van der Waals surface area (Å²) in [5.74, 6) is 0.0157. The number of unbranched alkanes of at least 4 members (excludes halogenated alkanes) is 4. The molecule has 10 heteroatoms. The van der Waals surface area contributed by atoms with Crippen LogP contribution in [0.5, 0.6) is 23.0 Å². The molecule has 0 radical (unpaired) electrons. The van der Waals surface area contributed by atoms with Crippen molar-refractivity contribution >= 4 is 24.9 Å². The molecule has 0 N–H and O–H groups in total. The molecule has 48 heavy (non-hydrogen) atoms. The fourth-order valence-corrected chi connectivity index (χ4v) is 4.17. The molecule has 8 nitrogen and oxygen atoms in total. The van der Waals surface area contributed by atoms with Gasteiger partial charge in [-0.2, -0.15) is 0 Å². The standard InChI is InChI=1S/2C19H22N2O2.2Pt/c2*22-18-10-4-2-8-16(18)14-20-12-6-1-7-13-21-15-17-9-3-5-11-19(17)23;;/h2*2-5,8-11,14-15,22-23H,1,6-7,12-13H2;;/q;;2*+2/p-4. The Labute approximate surface area is 312 Å². The average molecular weight is 1010 g/mol. The van der Waals surface area contributed by atoms with E-state index in [1.807, 2.05) is 24.3 Å². The molecule has 0 fully saturated rings. The Balaban J connectivity index is 0.000000461. The minimum absolute atomic E-state index is 0. The van der Waals surface area contributed by atoms with Crippen molar-refractivity contribution in [3.8, 4) is 23.0 Å². The molecular formula is C38H40N4O4Pt2. The Kier molecular flexibility index (Phi) is 23.0. The minimum atomic E-state index is 0. The summed E-state index contributed by atoms with van der Waals surface area (Å²) in [6.45, 7) is 2.84. The van der Waals surface area contributed by atoms with E-state index in [4.69, 9.17) is 0 Å². The summed E-state index contributed by atoms with van der Waals surface area (Å²) in [7, 11) is 0. The number of benzene rings is 4. The van der Waals surface area contributed by atoms with Crippen LogP contribution in [0.1, 0.15) is 60.8 Å². The summed E-state index contributed by atoms with van der Waals surface area (Å²) in [6.07, 6.45) is 12.5. The van der Waals surface area contributed by atoms with Crippen molar-refractivity contribution in [1.82, 2.24) is 0 Å². The quantitative estimate of drug-likeness (QED) is 0.114. The topological polar surface area (TPSA) is 142 Å². The fourth-order valence-electron chi connectivity index (χ4n) is 4.17. The molecule has 0 bridgehead atoms. The third-order valence-corrected chi connectivity index (χ3v) is 6.75. The summed E-state index contributed by atoms with van der Waals surface area (Å²) < 4.78 is 0. The first-order valence-electron chi connectivity index (χ1n) is 15.6. The van der Waals surface area contributed by atoms with Crippen LogP contribution in [0.25, 0.3) is 0 Å². The Morgan fingerprint density at radius 3 is 0.750 bits per heavy atom. The third kappa shape index (κ3) is 17.3. The van der Waals surface area contributed by atoms with Crippen LogP contribution in [0.15, 0.2) is 117 Å². The van der Waals surface area contributed by atoms with E-state index in [-0.39, 0.29) is 65.1 Å². The number of para-hydroxylation sites is 4. The van der Waals surface area contributed by atoms with Gasteiger partial charge in [0.25, 0.3) is 0 Å². The molecular weight excluding hydrogens is 967 g/mol. The molecule has 4 aromatic carbocycles. The number of hydrogen-bond donors (Lipinski definition) is 0. The maximum atomic E-state index is 11.5. The molecule has 0 aliphatic carbocycles. The Bertz CT molecular complexity index is 1350. The van der Waals surface area contributed by atoms with Gasteiger partial charge in [0.2, 0.25) is 0 Å². The molecule has 0 aliphatic heterocycles. The molecule has 4 rings (SSSR count). The maximum Gasteiger partial charge on any atom is 2.00 e. The van der Waals surface area contributed by atoms with Crippen LogP contribution in [-0.2, 0) is 42.1 Å². The zero-order valence-corrected chi connectivity index (χ0v) is 31.2. The van der Waals surface area contributed by atoms with E-state index < -0.39 is 0 Å². The normalized spacial score (nSPS) is 11.0. The molecule has 0 spiro atoms. The maximum absolute atomic E-state index is 11.5. The van der Waals surface area contributed by atoms with Gasteiger partial charge in [-0.1, -0.05) is 97.1 Å². The zero-order chi connectivity index (χ0) is 32.7. The van der Waals surface area contributed by atoms with Gasteiger partial charge in [-0.3, -0.25) is 20.0 Å². The van der Waals surface area contributed by atoms with Crippen molar-refractivity contribution in [3.05, 3.63) is 119 Å². The summed E-state index contributed by atoms with van der Waals surface area (Å²) in [5, 5.41) is 45.9. The number of hydrogen-bond acceptors (Lipinski definition) is 8. The van der Waals surface area contributed by atoms with Crippen LogP contribution >= 0.6 is 0 Å². The van der Waals surface area contributed by atoms with E-state index in [2.05, 4.69) is 20.0 Å². The average Bonchev–Trinajstić information content (AvgIpc) is 3.06. The smallest absolute Gasteiger partial charge is 0.872 e. The minimum Gasteiger partial charge on any atom is -0.872 e. The van der Waals surface area contributed by atoms with Gasteiger partial charge in [-0.05, 0) is 60.8 Å². The zero-order valence-electron chi connectivity index (χ0n) is 26.7. The van der Waals surface area contributed by atoms with Crippen molar-refractivity contribution in [3.63, 3.8) is 0 Å². The van der Waals surface area contributed by atoms with Crippen LogP contribution in [0.4, 0.5) is 0 Å². The van der Waals surface area contributed by atoms with Gasteiger partial charge in [-0.15, -0.1) is 23.0 Å². The molecule has 4 aromatic rings. The second-order valence-corrected chi connectivity index (χ2v) is 10.4. The van der Waals surface area contributed by atoms with E-state index in [9.17, 15) is 20.4 Å². The van der Waals surface area contributed by atoms with Gasteiger partial charge in [-0.25, -0.2) is 0 Å². The monoisotopic (exact) mass is 1010 g/mol. The molecule has 0 atom stereocenters. The van der Waals surface area contributed by atoms with E-state index in [0.29, 0.717) is 48.4 Å². The van der Waals surface area contributed by atoms with Crippen molar-refractivity contribution in [2.75, 3.05) is 26.2 Å². The second kappa shape index (κ2) is 26.1. The second-order valence-electron chi connectivity index (χ2n) is 10.4. The largest absolute Gasteiger partial charge is 2.00 e. The van der Waals surface area contributed by atoms with Crippen LogP contribution in [0, 0.1) is 0 Å². The first-order chi connectivity index (χ1) is 22.5. The van der Waals surface area contributed by atoms with Crippen molar-refractivity contribution in [1.29, 1.82) is 0 Å². The van der Waals surface area contributed by atoms with Crippen LogP contribution in [-0.4, -0.2) is 51.0 Å². The third-order valence-electron chi connectivity index (χ3n) is 6.75. The van der Waals surface area contributed by atoms with Crippen molar-refractivity contribution in [2.24, 2.45) is 20.0 Å². The van der Waals surface area contributed by atoms with Crippen molar-refractivity contribution in [2.45, 2.75) is 38.5 Å². The molecule has 0 saturated heterocycles. The first-order valence-corrected chi connectivity index (χ1v) is 15.6. The summed E-state index contributed by atoms with van der Waals surface area (Å²) in [5.41, 5.74) is 2.53. The van der Waals surface area contributed by atoms with E-state index in [1.54, 1.807) is 97.7 Å². The van der Waals surface area contributed by atoms with Gasteiger partial charge in [0, 0.05) is 51.0 Å². The Morgan fingerprint density at radius 2 is 0.542 bits per heavy atom.